The minimum atomic E-state index is -1.03. The molecule has 0 aliphatic carbocycles. The van der Waals surface area contributed by atoms with Crippen LogP contribution in [0.15, 0.2) is 72.9 Å². The van der Waals surface area contributed by atoms with Gasteiger partial charge in [-0.05, 0) is 64.6 Å². The molecule has 0 saturated heterocycles. The number of carboxylic acid groups (broad SMARTS) is 1. The lowest BCUT2D eigenvalue weighted by Gasteiger charge is -2.17. The molecule has 0 fully saturated rings. The van der Waals surface area contributed by atoms with E-state index in [0.717, 1.165) is 50.9 Å². The van der Waals surface area contributed by atoms with Gasteiger partial charge in [-0.2, -0.15) is 5.10 Å². The van der Waals surface area contributed by atoms with Gasteiger partial charge in [0.15, 0.2) is 0 Å². The summed E-state index contributed by atoms with van der Waals surface area (Å²) in [6.45, 7) is 1.94. The summed E-state index contributed by atoms with van der Waals surface area (Å²) in [6.07, 6.45) is 4.83. The second kappa shape index (κ2) is 9.54. The molecule has 0 atom stereocenters. The average molecular weight is 455 g/mol. The quantitative estimate of drug-likeness (QED) is 0.261. The van der Waals surface area contributed by atoms with Crippen LogP contribution in [0.5, 0.6) is 0 Å². The van der Waals surface area contributed by atoms with Gasteiger partial charge < -0.3 is 10.8 Å². The number of nitrogens with one attached hydrogen (secondary N) is 1. The van der Waals surface area contributed by atoms with Crippen molar-refractivity contribution in [2.75, 3.05) is 0 Å². The molecule has 1 aromatic heterocycles. The first kappa shape index (κ1) is 22.7. The van der Waals surface area contributed by atoms with E-state index in [9.17, 15) is 9.59 Å². The van der Waals surface area contributed by atoms with Crippen LogP contribution in [-0.2, 0) is 4.79 Å². The number of fused-ring (bicyclic) bond motifs is 1. The van der Waals surface area contributed by atoms with E-state index in [1.807, 2.05) is 49.4 Å². The van der Waals surface area contributed by atoms with Crippen LogP contribution in [0.25, 0.3) is 28.1 Å². The lowest BCUT2D eigenvalue weighted by atomic mass is 9.87. The van der Waals surface area contributed by atoms with Crippen molar-refractivity contribution in [2.24, 2.45) is 5.73 Å². The van der Waals surface area contributed by atoms with Crippen molar-refractivity contribution < 1.29 is 19.1 Å². The van der Waals surface area contributed by atoms with Crippen molar-refractivity contribution in [3.8, 4) is 0 Å². The summed E-state index contributed by atoms with van der Waals surface area (Å²) in [5.41, 5.74) is 10.7. The van der Waals surface area contributed by atoms with Gasteiger partial charge >= 0.3 is 5.97 Å². The summed E-state index contributed by atoms with van der Waals surface area (Å²) < 4.78 is 15.2. The molecule has 6 nitrogen and oxygen atoms in total. The predicted molar refractivity (Wildman–Crippen MR) is 130 cm³/mol. The van der Waals surface area contributed by atoms with Crippen LogP contribution in [0.1, 0.15) is 46.0 Å². The maximum atomic E-state index is 15.2. The fourth-order valence-electron chi connectivity index (χ4n) is 3.96. The molecule has 3 aromatic carbocycles. The van der Waals surface area contributed by atoms with Gasteiger partial charge in [-0.15, -0.1) is 0 Å². The summed E-state index contributed by atoms with van der Waals surface area (Å²) in [5.74, 6) is -2.25. The highest BCUT2D eigenvalue weighted by molar-refractivity contribution is 6.01. The van der Waals surface area contributed by atoms with E-state index in [-0.39, 0.29) is 5.56 Å². The first-order valence-corrected chi connectivity index (χ1v) is 10.6. The number of amides is 1. The van der Waals surface area contributed by atoms with Gasteiger partial charge in [0.2, 0.25) is 5.91 Å². The number of benzene rings is 3. The Kier molecular flexibility index (Phi) is 6.36. The third kappa shape index (κ3) is 4.63. The molecule has 0 saturated carbocycles. The zero-order chi connectivity index (χ0) is 24.2. The van der Waals surface area contributed by atoms with Crippen molar-refractivity contribution in [2.45, 2.75) is 13.3 Å². The Bertz CT molecular complexity index is 1450. The molecule has 1 heterocycles. The van der Waals surface area contributed by atoms with Gasteiger partial charge in [0.05, 0.1) is 11.7 Å². The van der Waals surface area contributed by atoms with Crippen LogP contribution in [0.2, 0.25) is 0 Å². The first-order valence-electron chi connectivity index (χ1n) is 10.6. The lowest BCUT2D eigenvalue weighted by molar-refractivity contribution is -0.131. The number of carbonyl (C=O) groups excluding carboxylic acids is 1. The fourth-order valence-corrected chi connectivity index (χ4v) is 3.96. The molecule has 4 N–H and O–H groups in total. The minimum Gasteiger partial charge on any atom is -0.478 e. The number of aliphatic carboxylic acids is 1. The third-order valence-corrected chi connectivity index (χ3v) is 5.58. The van der Waals surface area contributed by atoms with Crippen molar-refractivity contribution in [1.29, 1.82) is 0 Å². The molecule has 0 aliphatic rings. The van der Waals surface area contributed by atoms with Gasteiger partial charge in [0.25, 0.3) is 0 Å². The number of H-pyrrole nitrogens is 1. The van der Waals surface area contributed by atoms with E-state index >= 15 is 4.39 Å². The molecule has 0 spiro atoms. The van der Waals surface area contributed by atoms with Crippen LogP contribution in [0.4, 0.5) is 4.39 Å². The summed E-state index contributed by atoms with van der Waals surface area (Å²) in [5, 5.41) is 16.8. The number of aromatic amines is 1. The van der Waals surface area contributed by atoms with Crippen molar-refractivity contribution >= 4 is 40.0 Å². The number of aromatic nitrogens is 2. The molecule has 4 aromatic rings. The molecule has 1 amide bonds. The average Bonchev–Trinajstić information content (AvgIpc) is 3.30. The van der Waals surface area contributed by atoms with Crippen LogP contribution in [0.3, 0.4) is 0 Å². The van der Waals surface area contributed by atoms with E-state index in [0.29, 0.717) is 12.0 Å². The molecule has 170 valence electrons. The number of rotatable bonds is 7. The van der Waals surface area contributed by atoms with E-state index < -0.39 is 17.7 Å². The van der Waals surface area contributed by atoms with E-state index in [1.54, 1.807) is 12.3 Å². The van der Waals surface area contributed by atoms with Crippen LogP contribution in [-0.4, -0.2) is 27.2 Å². The van der Waals surface area contributed by atoms with Gasteiger partial charge in [-0.3, -0.25) is 9.89 Å². The van der Waals surface area contributed by atoms with Crippen molar-refractivity contribution in [1.82, 2.24) is 10.2 Å². The standard InChI is InChI=1S/C27H22FN3O3/c1-2-21(22-10-8-19(27(29)34)14-23(22)28)26(18-9-11-24-20(13-18)15-30-31-24)17-6-3-16(4-7-17)5-12-25(32)33/h3-15H,2H2,1H3,(H2,29,34)(H,30,31)(H,32,33). The van der Waals surface area contributed by atoms with Gasteiger partial charge in [-0.25, -0.2) is 9.18 Å². The van der Waals surface area contributed by atoms with Crippen LogP contribution < -0.4 is 5.73 Å². The van der Waals surface area contributed by atoms with Gasteiger partial charge in [0, 0.05) is 22.6 Å². The van der Waals surface area contributed by atoms with Crippen molar-refractivity contribution in [3.05, 3.63) is 107 Å². The van der Waals surface area contributed by atoms with Gasteiger partial charge in [0.1, 0.15) is 5.82 Å². The molecule has 4 rings (SSSR count). The van der Waals surface area contributed by atoms with E-state index in [1.165, 1.54) is 12.1 Å². The number of hydrogen-bond acceptors (Lipinski definition) is 3. The smallest absolute Gasteiger partial charge is 0.328 e. The number of hydrogen-bond donors (Lipinski definition) is 3. The summed E-state index contributed by atoms with van der Waals surface area (Å²) in [6, 6.07) is 17.5. The Morgan fingerprint density at radius 1 is 1.03 bits per heavy atom. The van der Waals surface area contributed by atoms with Crippen LogP contribution >= 0.6 is 0 Å². The molecule has 34 heavy (non-hydrogen) atoms. The normalized spacial score (nSPS) is 12.2. The number of carboxylic acids is 1. The Hall–Kier alpha value is -4.52. The highest BCUT2D eigenvalue weighted by Crippen LogP contribution is 2.36. The zero-order valence-corrected chi connectivity index (χ0v) is 18.4. The number of nitrogens with two attached hydrogens (primary N) is 1. The first-order chi connectivity index (χ1) is 16.4. The molecule has 0 bridgehead atoms. The monoisotopic (exact) mass is 455 g/mol. The molecule has 0 radical (unpaired) electrons. The fraction of sp³-hybridized carbons (Fsp3) is 0.0741. The largest absolute Gasteiger partial charge is 0.478 e. The molecule has 0 unspecified atom stereocenters. The second-order valence-electron chi connectivity index (χ2n) is 7.73. The van der Waals surface area contributed by atoms with E-state index in [4.69, 9.17) is 10.8 Å². The Balaban J connectivity index is 1.93. The highest BCUT2D eigenvalue weighted by Gasteiger charge is 2.17. The zero-order valence-electron chi connectivity index (χ0n) is 18.4. The molecule has 7 heteroatoms. The van der Waals surface area contributed by atoms with Crippen molar-refractivity contribution in [3.63, 3.8) is 0 Å². The minimum absolute atomic E-state index is 0.104. The van der Waals surface area contributed by atoms with Crippen LogP contribution in [0, 0.1) is 5.82 Å². The highest BCUT2D eigenvalue weighted by atomic mass is 19.1. The number of carbonyl (C=O) groups is 2. The Labute approximate surface area is 195 Å². The summed E-state index contributed by atoms with van der Waals surface area (Å²) in [4.78, 5) is 22.3. The maximum Gasteiger partial charge on any atom is 0.328 e. The SMILES string of the molecule is CCC(=C(c1ccc(C=CC(=O)O)cc1)c1ccc2[nH]ncc2c1)c1ccc(C(N)=O)cc1F. The number of primary amides is 1. The molecule has 0 aliphatic heterocycles. The molecular formula is C27H22FN3O3. The lowest BCUT2D eigenvalue weighted by Crippen LogP contribution is -2.11. The Morgan fingerprint density at radius 2 is 1.74 bits per heavy atom. The number of allylic oxidation sites excluding steroid dienone is 1. The number of halogens is 1. The number of nitrogens with zero attached hydrogens (tertiary/aromatic N) is 1. The summed E-state index contributed by atoms with van der Waals surface area (Å²) >= 11 is 0. The van der Waals surface area contributed by atoms with Gasteiger partial charge in [-0.1, -0.05) is 43.3 Å². The topological polar surface area (TPSA) is 109 Å². The third-order valence-electron chi connectivity index (χ3n) is 5.58. The Morgan fingerprint density at radius 3 is 2.38 bits per heavy atom. The maximum absolute atomic E-state index is 15.2. The predicted octanol–water partition coefficient (Wildman–Crippen LogP) is 5.27. The molecular weight excluding hydrogens is 433 g/mol. The second-order valence-corrected chi connectivity index (χ2v) is 7.73. The summed E-state index contributed by atoms with van der Waals surface area (Å²) in [7, 11) is 0. The van der Waals surface area contributed by atoms with E-state index in [2.05, 4.69) is 10.2 Å².